The maximum absolute atomic E-state index is 12.4. The summed E-state index contributed by atoms with van der Waals surface area (Å²) in [4.78, 5) is 26.3. The molecule has 0 radical (unpaired) electrons. The molecule has 0 spiro atoms. The van der Waals surface area contributed by atoms with Gasteiger partial charge in [0.15, 0.2) is 5.78 Å². The van der Waals surface area contributed by atoms with Crippen LogP contribution < -0.4 is 0 Å². The Morgan fingerprint density at radius 3 is 2.26 bits per heavy atom. The molecule has 108 valence electrons. The summed E-state index contributed by atoms with van der Waals surface area (Å²) >= 11 is 0. The highest BCUT2D eigenvalue weighted by molar-refractivity contribution is 5.90. The first-order chi connectivity index (χ1) is 8.88. The molecule has 19 heavy (non-hydrogen) atoms. The van der Waals surface area contributed by atoms with Gasteiger partial charge in [0.25, 0.3) is 0 Å². The molecule has 1 aliphatic carbocycles. The summed E-state index contributed by atoms with van der Waals surface area (Å²) in [6.07, 6.45) is 5.61. The van der Waals surface area contributed by atoms with Crippen molar-refractivity contribution in [1.82, 2.24) is 4.90 Å². The SMILES string of the molecule is CC(C)(C)OC(=O)N1CCCCC1C(=O)C1CCC1. The number of nitrogens with zero attached hydrogens (tertiary/aromatic N) is 1. The van der Waals surface area contributed by atoms with Crippen molar-refractivity contribution in [3.8, 4) is 0 Å². The van der Waals surface area contributed by atoms with Gasteiger partial charge in [-0.25, -0.2) is 4.79 Å². The van der Waals surface area contributed by atoms with Gasteiger partial charge < -0.3 is 4.74 Å². The van der Waals surface area contributed by atoms with Crippen LogP contribution in [0.25, 0.3) is 0 Å². The summed E-state index contributed by atoms with van der Waals surface area (Å²) in [6.45, 7) is 6.23. The van der Waals surface area contributed by atoms with E-state index in [-0.39, 0.29) is 23.8 Å². The molecule has 1 atom stereocenters. The fourth-order valence-electron chi connectivity index (χ4n) is 2.73. The van der Waals surface area contributed by atoms with Crippen LogP contribution in [-0.4, -0.2) is 35.0 Å². The lowest BCUT2D eigenvalue weighted by atomic mass is 9.78. The van der Waals surface area contributed by atoms with Crippen LogP contribution in [-0.2, 0) is 9.53 Å². The maximum Gasteiger partial charge on any atom is 0.410 e. The van der Waals surface area contributed by atoms with Gasteiger partial charge in [-0.05, 0) is 52.9 Å². The number of ether oxygens (including phenoxy) is 1. The number of piperidine rings is 1. The first-order valence-electron chi connectivity index (χ1n) is 7.42. The lowest BCUT2D eigenvalue weighted by Crippen LogP contribution is -2.51. The lowest BCUT2D eigenvalue weighted by Gasteiger charge is -2.38. The molecule has 1 amide bonds. The third-order valence-corrected chi connectivity index (χ3v) is 3.97. The average molecular weight is 267 g/mol. The van der Waals surface area contributed by atoms with Crippen molar-refractivity contribution in [1.29, 1.82) is 0 Å². The molecule has 1 heterocycles. The highest BCUT2D eigenvalue weighted by Crippen LogP contribution is 2.32. The monoisotopic (exact) mass is 267 g/mol. The number of ketones is 1. The Balaban J connectivity index is 2.02. The number of Topliss-reactive ketones (excluding diaryl/α,β-unsaturated/α-hetero) is 1. The van der Waals surface area contributed by atoms with Gasteiger partial charge >= 0.3 is 6.09 Å². The lowest BCUT2D eigenvalue weighted by molar-refractivity contribution is -0.131. The molecule has 1 saturated heterocycles. The zero-order chi connectivity index (χ0) is 14.0. The van der Waals surface area contributed by atoms with Crippen LogP contribution in [0.2, 0.25) is 0 Å². The topological polar surface area (TPSA) is 46.6 Å². The van der Waals surface area contributed by atoms with Crippen LogP contribution in [0.5, 0.6) is 0 Å². The van der Waals surface area contributed by atoms with Crippen molar-refractivity contribution in [2.45, 2.75) is 70.9 Å². The third kappa shape index (κ3) is 3.48. The fourth-order valence-corrected chi connectivity index (χ4v) is 2.73. The first-order valence-corrected chi connectivity index (χ1v) is 7.42. The molecule has 0 aromatic heterocycles. The summed E-state index contributed by atoms with van der Waals surface area (Å²) in [5.74, 6) is 0.449. The fraction of sp³-hybridized carbons (Fsp3) is 0.867. The van der Waals surface area contributed by atoms with Crippen LogP contribution in [0, 0.1) is 5.92 Å². The molecule has 1 aliphatic heterocycles. The average Bonchev–Trinajstić information content (AvgIpc) is 2.24. The number of carbonyl (C=O) groups excluding carboxylic acids is 2. The van der Waals surface area contributed by atoms with E-state index < -0.39 is 5.60 Å². The van der Waals surface area contributed by atoms with Gasteiger partial charge in [-0.2, -0.15) is 0 Å². The molecule has 2 fully saturated rings. The molecular formula is C15H25NO3. The van der Waals surface area contributed by atoms with Crippen LogP contribution in [0.3, 0.4) is 0 Å². The van der Waals surface area contributed by atoms with E-state index >= 15 is 0 Å². The minimum atomic E-state index is -0.501. The summed E-state index contributed by atoms with van der Waals surface area (Å²) in [7, 11) is 0. The Hall–Kier alpha value is -1.06. The zero-order valence-corrected chi connectivity index (χ0v) is 12.3. The van der Waals surface area contributed by atoms with Gasteiger partial charge in [-0.3, -0.25) is 9.69 Å². The first kappa shape index (κ1) is 14.4. The molecule has 0 aromatic carbocycles. The van der Waals surface area contributed by atoms with E-state index in [1.165, 1.54) is 0 Å². The van der Waals surface area contributed by atoms with Crippen molar-refractivity contribution in [3.63, 3.8) is 0 Å². The number of amides is 1. The molecule has 0 aromatic rings. The molecule has 4 heteroatoms. The Morgan fingerprint density at radius 1 is 1.05 bits per heavy atom. The normalized spacial score (nSPS) is 24.8. The van der Waals surface area contributed by atoms with Crippen molar-refractivity contribution < 1.29 is 14.3 Å². The van der Waals surface area contributed by atoms with E-state index in [9.17, 15) is 9.59 Å². The molecule has 4 nitrogen and oxygen atoms in total. The Kier molecular flexibility index (Phi) is 4.16. The number of hydrogen-bond acceptors (Lipinski definition) is 3. The Morgan fingerprint density at radius 2 is 1.74 bits per heavy atom. The van der Waals surface area contributed by atoms with Crippen molar-refractivity contribution in [2.24, 2.45) is 5.92 Å². The van der Waals surface area contributed by atoms with Gasteiger partial charge in [0.05, 0.1) is 6.04 Å². The van der Waals surface area contributed by atoms with Crippen molar-refractivity contribution in [2.75, 3.05) is 6.54 Å². The highest BCUT2D eigenvalue weighted by atomic mass is 16.6. The van der Waals surface area contributed by atoms with Gasteiger partial charge in [0.2, 0.25) is 0 Å². The van der Waals surface area contributed by atoms with Crippen molar-refractivity contribution >= 4 is 11.9 Å². The molecular weight excluding hydrogens is 242 g/mol. The second-order valence-corrected chi connectivity index (χ2v) is 6.72. The zero-order valence-electron chi connectivity index (χ0n) is 12.3. The summed E-state index contributed by atoms with van der Waals surface area (Å²) in [6, 6.07) is -0.242. The molecule has 1 saturated carbocycles. The largest absolute Gasteiger partial charge is 0.444 e. The summed E-state index contributed by atoms with van der Waals surface area (Å²) in [5, 5.41) is 0. The maximum atomic E-state index is 12.4. The summed E-state index contributed by atoms with van der Waals surface area (Å²) < 4.78 is 5.42. The van der Waals surface area contributed by atoms with Crippen LogP contribution in [0.1, 0.15) is 59.3 Å². The quantitative estimate of drug-likeness (QED) is 0.772. The van der Waals surface area contributed by atoms with E-state index in [0.29, 0.717) is 6.54 Å². The number of carbonyl (C=O) groups is 2. The second-order valence-electron chi connectivity index (χ2n) is 6.72. The molecule has 2 rings (SSSR count). The molecule has 1 unspecified atom stereocenters. The molecule has 0 bridgehead atoms. The van der Waals surface area contributed by atoms with Crippen molar-refractivity contribution in [3.05, 3.63) is 0 Å². The van der Waals surface area contributed by atoms with Crippen LogP contribution in [0.15, 0.2) is 0 Å². The Labute approximate surface area is 115 Å². The second kappa shape index (κ2) is 5.51. The van der Waals surface area contributed by atoms with Crippen LogP contribution >= 0.6 is 0 Å². The van der Waals surface area contributed by atoms with Gasteiger partial charge in [0, 0.05) is 12.5 Å². The van der Waals surface area contributed by atoms with Crippen LogP contribution in [0.4, 0.5) is 4.79 Å². The smallest absolute Gasteiger partial charge is 0.410 e. The van der Waals surface area contributed by atoms with Gasteiger partial charge in [0.1, 0.15) is 5.60 Å². The van der Waals surface area contributed by atoms with E-state index in [1.807, 2.05) is 20.8 Å². The highest BCUT2D eigenvalue weighted by Gasteiger charge is 2.39. The number of rotatable bonds is 2. The van der Waals surface area contributed by atoms with E-state index in [4.69, 9.17) is 4.74 Å². The minimum Gasteiger partial charge on any atom is -0.444 e. The van der Waals surface area contributed by atoms with E-state index in [1.54, 1.807) is 4.90 Å². The minimum absolute atomic E-state index is 0.188. The van der Waals surface area contributed by atoms with Gasteiger partial charge in [-0.15, -0.1) is 0 Å². The summed E-state index contributed by atoms with van der Waals surface area (Å²) in [5.41, 5.74) is -0.501. The predicted octanol–water partition coefficient (Wildman–Crippen LogP) is 3.15. The van der Waals surface area contributed by atoms with E-state index in [0.717, 1.165) is 38.5 Å². The standard InChI is InChI=1S/C15H25NO3/c1-15(2,3)19-14(18)16-10-5-4-9-12(16)13(17)11-7-6-8-11/h11-12H,4-10H2,1-3H3. The molecule has 2 aliphatic rings. The Bertz CT molecular complexity index is 355. The predicted molar refractivity (Wildman–Crippen MR) is 72.9 cm³/mol. The third-order valence-electron chi connectivity index (χ3n) is 3.97. The van der Waals surface area contributed by atoms with E-state index in [2.05, 4.69) is 0 Å². The molecule has 0 N–H and O–H groups in total. The number of hydrogen-bond donors (Lipinski definition) is 0. The number of likely N-dealkylation sites (tertiary alicyclic amines) is 1. The van der Waals surface area contributed by atoms with Gasteiger partial charge in [-0.1, -0.05) is 6.42 Å².